The van der Waals surface area contributed by atoms with E-state index in [9.17, 15) is 14.4 Å². The average molecular weight is 660 g/mol. The van der Waals surface area contributed by atoms with E-state index < -0.39 is 0 Å². The Balaban J connectivity index is 1.15. The van der Waals surface area contributed by atoms with Gasteiger partial charge in [0.25, 0.3) is 5.91 Å². The van der Waals surface area contributed by atoms with Crippen LogP contribution in [-0.2, 0) is 29.5 Å². The number of nitrogens with zero attached hydrogens (tertiary/aromatic N) is 8. The van der Waals surface area contributed by atoms with Crippen molar-refractivity contribution in [3.8, 4) is 5.88 Å². The summed E-state index contributed by atoms with van der Waals surface area (Å²) in [5.41, 5.74) is 3.38. The molecule has 14 nitrogen and oxygen atoms in total. The summed E-state index contributed by atoms with van der Waals surface area (Å²) in [6, 6.07) is -0.0994. The third kappa shape index (κ3) is 4.61. The SMILES string of the molecule is CCc1c(N2CCN(C(=O)c3cn(C)nc3OC)[C@H]3CC[C@@H]32)c(=O)c2nn(C3=CCOCC3)nc2n1CC(=O)NC12CC(C(C)C)(C1)C2. The summed E-state index contributed by atoms with van der Waals surface area (Å²) in [6.45, 7) is 8.55. The van der Waals surface area contributed by atoms with Crippen molar-refractivity contribution < 1.29 is 19.1 Å². The van der Waals surface area contributed by atoms with Crippen LogP contribution in [0.25, 0.3) is 16.9 Å². The molecule has 4 aliphatic carbocycles. The number of aryl methyl sites for hydroxylation is 1. The van der Waals surface area contributed by atoms with Gasteiger partial charge in [-0.05, 0) is 55.9 Å². The minimum atomic E-state index is -0.185. The summed E-state index contributed by atoms with van der Waals surface area (Å²) in [5.74, 6) is 0.729. The lowest BCUT2D eigenvalue weighted by Gasteiger charge is -2.72. The first kappa shape index (κ1) is 31.1. The number of carbonyl (C=O) groups excluding carboxylic acids is 2. The number of amides is 2. The Morgan fingerprint density at radius 2 is 1.90 bits per heavy atom. The second-order valence-electron chi connectivity index (χ2n) is 14.8. The van der Waals surface area contributed by atoms with E-state index in [1.807, 2.05) is 22.5 Å². The van der Waals surface area contributed by atoms with Gasteiger partial charge in [0.15, 0.2) is 11.2 Å². The maximum absolute atomic E-state index is 14.5. The smallest absolute Gasteiger partial charge is 0.261 e. The number of nitrogens with one attached hydrogen (secondary N) is 1. The Morgan fingerprint density at radius 3 is 2.54 bits per heavy atom. The van der Waals surface area contributed by atoms with Gasteiger partial charge in [-0.1, -0.05) is 20.8 Å². The van der Waals surface area contributed by atoms with Gasteiger partial charge >= 0.3 is 0 Å². The Labute approximate surface area is 279 Å². The summed E-state index contributed by atoms with van der Waals surface area (Å²) in [4.78, 5) is 47.7. The molecule has 3 aromatic heterocycles. The number of carbonyl (C=O) groups is 2. The molecule has 9 rings (SSSR count). The lowest BCUT2D eigenvalue weighted by Crippen LogP contribution is -2.76. The molecule has 2 atom stereocenters. The molecule has 3 aromatic rings. The highest BCUT2D eigenvalue weighted by atomic mass is 16.5. The van der Waals surface area contributed by atoms with Crippen molar-refractivity contribution >= 4 is 34.4 Å². The molecule has 0 aromatic carbocycles. The molecule has 2 amide bonds. The molecule has 5 fully saturated rings. The first-order chi connectivity index (χ1) is 23.1. The maximum atomic E-state index is 14.5. The first-order valence-corrected chi connectivity index (χ1v) is 17.3. The Hall–Kier alpha value is -4.20. The number of methoxy groups -OCH3 is 1. The van der Waals surface area contributed by atoms with E-state index in [2.05, 4.69) is 29.2 Å². The van der Waals surface area contributed by atoms with E-state index in [1.165, 1.54) is 7.11 Å². The monoisotopic (exact) mass is 659 g/mol. The highest BCUT2D eigenvalue weighted by Gasteiger charge is 2.69. The van der Waals surface area contributed by atoms with Gasteiger partial charge in [-0.3, -0.25) is 19.1 Å². The van der Waals surface area contributed by atoms with Crippen molar-refractivity contribution in [2.24, 2.45) is 18.4 Å². The molecular weight excluding hydrogens is 614 g/mol. The highest BCUT2D eigenvalue weighted by Crippen LogP contribution is 2.70. The van der Waals surface area contributed by atoms with Crippen LogP contribution >= 0.6 is 0 Å². The number of fused-ring (bicyclic) bond motifs is 2. The van der Waals surface area contributed by atoms with Gasteiger partial charge in [0.2, 0.25) is 17.2 Å². The molecule has 6 aliphatic rings. The summed E-state index contributed by atoms with van der Waals surface area (Å²) in [7, 11) is 3.28. The van der Waals surface area contributed by atoms with Gasteiger partial charge in [-0.25, -0.2) is 0 Å². The molecule has 4 saturated carbocycles. The fourth-order valence-electron chi connectivity index (χ4n) is 9.06. The van der Waals surface area contributed by atoms with Gasteiger partial charge in [-0.2, -0.15) is 4.80 Å². The van der Waals surface area contributed by atoms with E-state index in [0.29, 0.717) is 73.3 Å². The maximum Gasteiger partial charge on any atom is 0.261 e. The van der Waals surface area contributed by atoms with Gasteiger partial charge < -0.3 is 29.2 Å². The van der Waals surface area contributed by atoms with E-state index in [4.69, 9.17) is 19.7 Å². The predicted molar refractivity (Wildman–Crippen MR) is 178 cm³/mol. The fraction of sp³-hybridized carbons (Fsp3) is 0.647. The van der Waals surface area contributed by atoms with Crippen molar-refractivity contribution in [3.63, 3.8) is 0 Å². The number of anilines is 1. The number of ether oxygens (including phenoxy) is 2. The molecule has 2 aliphatic heterocycles. The van der Waals surface area contributed by atoms with Crippen LogP contribution in [0.2, 0.25) is 0 Å². The highest BCUT2D eigenvalue weighted by molar-refractivity contribution is 5.97. The van der Waals surface area contributed by atoms with Crippen molar-refractivity contribution in [2.45, 2.75) is 89.9 Å². The molecule has 1 N–H and O–H groups in total. The third-order valence-corrected chi connectivity index (χ3v) is 11.8. The first-order valence-electron chi connectivity index (χ1n) is 17.3. The Kier molecular flexibility index (Phi) is 7.24. The van der Waals surface area contributed by atoms with Crippen LogP contribution in [-0.4, -0.2) is 97.1 Å². The number of hydrogen-bond donors (Lipinski definition) is 1. The van der Waals surface area contributed by atoms with Crippen LogP contribution in [0.3, 0.4) is 0 Å². The quantitative estimate of drug-likeness (QED) is 0.367. The summed E-state index contributed by atoms with van der Waals surface area (Å²) >= 11 is 0. The molecule has 2 bridgehead atoms. The average Bonchev–Trinajstić information content (AvgIpc) is 3.64. The second-order valence-corrected chi connectivity index (χ2v) is 14.8. The normalized spacial score (nSPS) is 27.6. The van der Waals surface area contributed by atoms with Gasteiger partial charge in [0.1, 0.15) is 17.8 Å². The summed E-state index contributed by atoms with van der Waals surface area (Å²) in [5, 5.41) is 17.2. The van der Waals surface area contributed by atoms with Crippen molar-refractivity contribution in [1.82, 2.24) is 39.6 Å². The molecule has 256 valence electrons. The Bertz CT molecular complexity index is 1880. The van der Waals surface area contributed by atoms with Crippen LogP contribution in [0.1, 0.15) is 75.3 Å². The summed E-state index contributed by atoms with van der Waals surface area (Å²) < 4.78 is 14.4. The molecule has 5 heterocycles. The lowest BCUT2D eigenvalue weighted by atomic mass is 9.36. The minimum Gasteiger partial charge on any atom is -0.479 e. The lowest BCUT2D eigenvalue weighted by molar-refractivity contribution is -0.187. The largest absolute Gasteiger partial charge is 0.479 e. The van der Waals surface area contributed by atoms with Crippen LogP contribution in [0.4, 0.5) is 5.69 Å². The third-order valence-electron chi connectivity index (χ3n) is 11.8. The topological polar surface area (TPSA) is 142 Å². The van der Waals surface area contributed by atoms with E-state index >= 15 is 0 Å². The van der Waals surface area contributed by atoms with Gasteiger partial charge in [0.05, 0.1) is 32.1 Å². The number of hydrogen-bond acceptors (Lipinski definition) is 9. The number of aromatic nitrogens is 6. The second kappa shape index (κ2) is 11.2. The zero-order valence-corrected chi connectivity index (χ0v) is 28.5. The molecule has 0 radical (unpaired) electrons. The molecule has 0 unspecified atom stereocenters. The molecule has 48 heavy (non-hydrogen) atoms. The molecule has 1 saturated heterocycles. The molecule has 0 spiro atoms. The number of pyridine rings is 1. The predicted octanol–water partition coefficient (Wildman–Crippen LogP) is 2.35. The zero-order chi connectivity index (χ0) is 33.5. The van der Waals surface area contributed by atoms with E-state index in [-0.39, 0.29) is 46.9 Å². The van der Waals surface area contributed by atoms with E-state index in [0.717, 1.165) is 43.5 Å². The minimum absolute atomic E-state index is 0.0377. The standard InChI is InChI=1S/C34H45N9O5/c1-6-23-28(40-11-12-41(25-8-7-24(25)40)32(46)22-15-39(4)38-31(22)47-5)29(45)27-30(37-43(36-27)21-9-13-48-14-10-21)42(23)16-26(44)35-34-17-33(18-34,19-34)20(2)3/h9,15,20,24-25H,6-8,10-14,16-19H2,1-5H3,(H,35,44)/t24-,25-,33?,34?/m0/s1. The van der Waals surface area contributed by atoms with E-state index in [1.54, 1.807) is 22.7 Å². The molecule has 14 heteroatoms. The molecular formula is C34H45N9O5. The zero-order valence-electron chi connectivity index (χ0n) is 28.5. The van der Waals surface area contributed by atoms with Gasteiger partial charge in [-0.15, -0.1) is 15.3 Å². The van der Waals surface area contributed by atoms with Crippen LogP contribution in [0.5, 0.6) is 5.88 Å². The van der Waals surface area contributed by atoms with Crippen LogP contribution in [0, 0.1) is 11.3 Å². The number of piperazine rings is 1. The number of rotatable bonds is 9. The van der Waals surface area contributed by atoms with Crippen molar-refractivity contribution in [3.05, 3.63) is 33.8 Å². The van der Waals surface area contributed by atoms with Gasteiger partial charge in [0, 0.05) is 50.0 Å². The summed E-state index contributed by atoms with van der Waals surface area (Å²) in [6.07, 6.45) is 9.55. The Morgan fingerprint density at radius 1 is 1.12 bits per heavy atom. The van der Waals surface area contributed by atoms with Crippen LogP contribution in [0.15, 0.2) is 17.1 Å². The van der Waals surface area contributed by atoms with Crippen LogP contribution < -0.4 is 20.4 Å². The van der Waals surface area contributed by atoms with Crippen molar-refractivity contribution in [1.29, 1.82) is 0 Å². The van der Waals surface area contributed by atoms with Crippen molar-refractivity contribution in [2.75, 3.05) is 38.3 Å². The fourth-order valence-corrected chi connectivity index (χ4v) is 9.06.